The number of halogens is 1. The third kappa shape index (κ3) is 8.63. The molecule has 1 amide bonds. The highest BCUT2D eigenvalue weighted by Gasteiger charge is 2.45. The summed E-state index contributed by atoms with van der Waals surface area (Å²) in [5.41, 5.74) is 0.270. The zero-order valence-electron chi connectivity index (χ0n) is 25.7. The van der Waals surface area contributed by atoms with Crippen LogP contribution >= 0.6 is 8.53 Å². The summed E-state index contributed by atoms with van der Waals surface area (Å²) in [7, 11) is -1.75. The SMILES string of the molecule is [2H]C[C@H]1OC[C@@H](n2cc(C)c(NC(=O)c3ccccc3)nc2=O)[C@H](OCCF)[C@@H]1OP(OCC[N+]#[C-])N(C(C)C)C(C)C. The van der Waals surface area contributed by atoms with Gasteiger partial charge in [-0.15, -0.1) is 0 Å². The highest BCUT2D eigenvalue weighted by molar-refractivity contribution is 7.44. The van der Waals surface area contributed by atoms with Gasteiger partial charge in [0.1, 0.15) is 31.3 Å². The number of aryl methyl sites for hydroxylation is 1. The largest absolute Gasteiger partial charge is 0.373 e. The van der Waals surface area contributed by atoms with E-state index >= 15 is 0 Å². The Morgan fingerprint density at radius 1 is 1.29 bits per heavy atom. The van der Waals surface area contributed by atoms with Crippen molar-refractivity contribution in [2.75, 3.05) is 38.4 Å². The van der Waals surface area contributed by atoms with Gasteiger partial charge in [-0.3, -0.25) is 9.36 Å². The summed E-state index contributed by atoms with van der Waals surface area (Å²) >= 11 is 0. The molecule has 5 atom stereocenters. The highest BCUT2D eigenvalue weighted by Crippen LogP contribution is 2.49. The van der Waals surface area contributed by atoms with Crippen molar-refractivity contribution < 1.29 is 29.1 Å². The van der Waals surface area contributed by atoms with Gasteiger partial charge in [0.15, 0.2) is 0 Å². The Morgan fingerprint density at radius 2 is 2.00 bits per heavy atom. The Kier molecular flexibility index (Phi) is 12.4. The van der Waals surface area contributed by atoms with Crippen LogP contribution in [-0.4, -0.2) is 83.6 Å². The molecular formula is C29H41FN5O6P. The standard InChI is InChI=1S/C29H41FN5O6P/c1-19(2)35(20(3)4)42(40-16-14-31-7)41-25-22(6)39-18-24(26(25)38-15-13-30)34-17-21(5)27(33-29(34)37)32-28(36)23-11-9-8-10-12-23/h8-12,17,19-20,22,24-26H,13-16,18H2,1-6H3,(H,32,33,36,37)/t22-,24-,25-,26+,42?/m1/s1/i6D. The summed E-state index contributed by atoms with van der Waals surface area (Å²) in [6.07, 6.45) is -0.978. The number of hydrogen-bond acceptors (Lipinski definition) is 8. The molecule has 0 radical (unpaired) electrons. The van der Waals surface area contributed by atoms with Crippen LogP contribution < -0.4 is 11.0 Å². The first kappa shape index (κ1) is 32.1. The molecule has 42 heavy (non-hydrogen) atoms. The van der Waals surface area contributed by atoms with Gasteiger partial charge in [0.05, 0.1) is 25.4 Å². The first-order valence-corrected chi connectivity index (χ1v) is 15.0. The number of aromatic nitrogens is 2. The molecule has 1 aliphatic heterocycles. The molecular weight excluding hydrogens is 564 g/mol. The molecule has 1 unspecified atom stereocenters. The van der Waals surface area contributed by atoms with Crippen LogP contribution in [0.25, 0.3) is 4.85 Å². The van der Waals surface area contributed by atoms with Crippen LogP contribution in [0, 0.1) is 13.5 Å². The minimum atomic E-state index is -1.75. The quantitative estimate of drug-likeness (QED) is 0.186. The fourth-order valence-corrected chi connectivity index (χ4v) is 6.45. The molecule has 1 saturated heterocycles. The third-order valence-corrected chi connectivity index (χ3v) is 8.69. The average molecular weight is 607 g/mol. The second kappa shape index (κ2) is 16.2. The zero-order valence-corrected chi connectivity index (χ0v) is 25.6. The summed E-state index contributed by atoms with van der Waals surface area (Å²) < 4.78 is 49.6. The number of hydrogen-bond donors (Lipinski definition) is 1. The Morgan fingerprint density at radius 3 is 2.62 bits per heavy atom. The average Bonchev–Trinajstić information content (AvgIpc) is 2.98. The lowest BCUT2D eigenvalue weighted by molar-refractivity contribution is -0.167. The normalized spacial score (nSPS) is 21.8. The Labute approximate surface area is 249 Å². The number of amides is 1. The first-order valence-electron chi connectivity index (χ1n) is 14.6. The van der Waals surface area contributed by atoms with Crippen LogP contribution in [0.2, 0.25) is 0 Å². The predicted octanol–water partition coefficient (Wildman–Crippen LogP) is 4.79. The van der Waals surface area contributed by atoms with Crippen molar-refractivity contribution in [2.24, 2.45) is 0 Å². The van der Waals surface area contributed by atoms with E-state index in [0.29, 0.717) is 11.1 Å². The van der Waals surface area contributed by atoms with E-state index in [1.807, 2.05) is 32.4 Å². The zero-order chi connectivity index (χ0) is 31.5. The number of nitrogens with one attached hydrogen (secondary N) is 1. The molecule has 1 N–H and O–H groups in total. The highest BCUT2D eigenvalue weighted by atomic mass is 31.2. The molecule has 1 aromatic heterocycles. The van der Waals surface area contributed by atoms with E-state index in [1.165, 1.54) is 4.57 Å². The minimum Gasteiger partial charge on any atom is -0.373 e. The van der Waals surface area contributed by atoms with Crippen LogP contribution in [0.1, 0.15) is 57.9 Å². The fraction of sp³-hybridized carbons (Fsp3) is 0.586. The molecule has 0 aliphatic carbocycles. The molecule has 1 aliphatic rings. The van der Waals surface area contributed by atoms with Gasteiger partial charge in [-0.05, 0) is 53.7 Å². The van der Waals surface area contributed by atoms with Crippen molar-refractivity contribution in [1.82, 2.24) is 14.2 Å². The number of nitrogens with zero attached hydrogens (tertiary/aromatic N) is 4. The topological polar surface area (TPSA) is 109 Å². The van der Waals surface area contributed by atoms with Crippen molar-refractivity contribution in [3.8, 4) is 0 Å². The van der Waals surface area contributed by atoms with Crippen molar-refractivity contribution in [3.05, 3.63) is 69.6 Å². The van der Waals surface area contributed by atoms with Gasteiger partial charge in [-0.25, -0.2) is 20.4 Å². The molecule has 13 heteroatoms. The molecule has 1 aromatic carbocycles. The van der Waals surface area contributed by atoms with E-state index in [-0.39, 0.29) is 51.2 Å². The molecule has 2 aromatic rings. The second-order valence-electron chi connectivity index (χ2n) is 10.3. The van der Waals surface area contributed by atoms with Crippen molar-refractivity contribution >= 4 is 20.3 Å². The van der Waals surface area contributed by atoms with E-state index in [1.54, 1.807) is 43.5 Å². The van der Waals surface area contributed by atoms with E-state index < -0.39 is 51.2 Å². The number of ether oxygens (including phenoxy) is 2. The number of rotatable bonds is 14. The van der Waals surface area contributed by atoms with Crippen molar-refractivity contribution in [2.45, 2.75) is 78.0 Å². The predicted molar refractivity (Wildman–Crippen MR) is 159 cm³/mol. The maximum Gasteiger partial charge on any atom is 0.349 e. The van der Waals surface area contributed by atoms with E-state index in [4.69, 9.17) is 26.5 Å². The maximum absolute atomic E-state index is 13.4. The lowest BCUT2D eigenvalue weighted by Crippen LogP contribution is -2.54. The fourth-order valence-electron chi connectivity index (χ4n) is 4.69. The van der Waals surface area contributed by atoms with Crippen molar-refractivity contribution in [3.63, 3.8) is 0 Å². The van der Waals surface area contributed by atoms with Gasteiger partial charge in [0.25, 0.3) is 14.4 Å². The number of anilines is 1. The van der Waals surface area contributed by atoms with Crippen LogP contribution in [-0.2, 0) is 18.5 Å². The summed E-state index contributed by atoms with van der Waals surface area (Å²) in [5, 5.41) is 2.69. The van der Waals surface area contributed by atoms with Crippen LogP contribution in [0.15, 0.2) is 41.3 Å². The molecule has 3 rings (SSSR count). The van der Waals surface area contributed by atoms with Gasteiger partial charge in [0, 0.05) is 30.8 Å². The van der Waals surface area contributed by atoms with Gasteiger partial charge in [-0.2, -0.15) is 4.98 Å². The number of carbonyl (C=O) groups excluding carboxylic acids is 1. The minimum absolute atomic E-state index is 0.00825. The smallest absolute Gasteiger partial charge is 0.349 e. The molecule has 0 spiro atoms. The van der Waals surface area contributed by atoms with Gasteiger partial charge in [-0.1, -0.05) is 18.2 Å². The van der Waals surface area contributed by atoms with E-state index in [2.05, 4.69) is 15.1 Å². The Bertz CT molecular complexity index is 1270. The van der Waals surface area contributed by atoms with Crippen LogP contribution in [0.5, 0.6) is 0 Å². The second-order valence-corrected chi connectivity index (χ2v) is 11.7. The molecule has 0 bridgehead atoms. The molecule has 11 nitrogen and oxygen atoms in total. The summed E-state index contributed by atoms with van der Waals surface area (Å²) in [5.74, 6) is -0.289. The summed E-state index contributed by atoms with van der Waals surface area (Å²) in [6, 6.07) is 7.84. The van der Waals surface area contributed by atoms with Gasteiger partial charge < -0.3 is 28.7 Å². The third-order valence-electron chi connectivity index (χ3n) is 6.56. The van der Waals surface area contributed by atoms with Crippen LogP contribution in [0.4, 0.5) is 10.2 Å². The van der Waals surface area contributed by atoms with Gasteiger partial charge >= 0.3 is 5.69 Å². The molecule has 2 heterocycles. The lowest BCUT2D eigenvalue weighted by Gasteiger charge is -2.44. The van der Waals surface area contributed by atoms with Crippen molar-refractivity contribution in [1.29, 1.82) is 0 Å². The number of alkyl halides is 1. The summed E-state index contributed by atoms with van der Waals surface area (Å²) in [6.45, 7) is 15.9. The lowest BCUT2D eigenvalue weighted by atomic mass is 9.98. The summed E-state index contributed by atoms with van der Waals surface area (Å²) in [4.78, 5) is 33.5. The Balaban J connectivity index is 1.97. The number of benzene rings is 1. The monoisotopic (exact) mass is 606 g/mol. The molecule has 230 valence electrons. The van der Waals surface area contributed by atoms with E-state index in [0.717, 1.165) is 0 Å². The first-order chi connectivity index (χ1) is 20.6. The maximum atomic E-state index is 13.4. The number of carbonyl (C=O) groups is 1. The van der Waals surface area contributed by atoms with Crippen LogP contribution in [0.3, 0.4) is 0 Å². The van der Waals surface area contributed by atoms with Gasteiger partial charge in [0.2, 0.25) is 6.54 Å². The Hall–Kier alpha value is -2.78. The molecule has 0 saturated carbocycles. The molecule has 1 fully saturated rings. The van der Waals surface area contributed by atoms with E-state index in [9.17, 15) is 14.0 Å².